The van der Waals surface area contributed by atoms with Crippen LogP contribution in [0, 0.1) is 0 Å². The van der Waals surface area contributed by atoms with E-state index in [0.29, 0.717) is 22.9 Å². The first-order chi connectivity index (χ1) is 19.1. The van der Waals surface area contributed by atoms with Crippen molar-refractivity contribution in [2.24, 2.45) is 9.98 Å². The number of fused-ring (bicyclic) bond motifs is 2. The minimum atomic E-state index is 0.0745. The largest absolute Gasteiger partial charge is 0.438 e. The van der Waals surface area contributed by atoms with Crippen LogP contribution in [-0.2, 0) is 4.74 Å². The Hall–Kier alpha value is -4.87. The van der Waals surface area contributed by atoms with Crippen molar-refractivity contribution in [1.29, 1.82) is 0 Å². The molecule has 2 aliphatic rings. The predicted molar refractivity (Wildman–Crippen MR) is 160 cm³/mol. The zero-order chi connectivity index (χ0) is 26.3. The van der Waals surface area contributed by atoms with Gasteiger partial charge in [0.2, 0.25) is 5.90 Å². The predicted octanol–water partition coefficient (Wildman–Crippen LogP) is 8.87. The molecule has 0 atom stereocenters. The second-order valence-corrected chi connectivity index (χ2v) is 10.5. The number of hydrogen-bond acceptors (Lipinski definition) is 5. The highest BCUT2D eigenvalue weighted by Gasteiger charge is 2.25. The summed E-state index contributed by atoms with van der Waals surface area (Å²) in [5.41, 5.74) is 8.16. The van der Waals surface area contributed by atoms with Gasteiger partial charge in [-0.15, -0.1) is 11.3 Å². The van der Waals surface area contributed by atoms with Crippen molar-refractivity contribution in [3.05, 3.63) is 137 Å². The first kappa shape index (κ1) is 23.3. The lowest BCUT2D eigenvalue weighted by molar-refractivity contribution is 0.1000. The molecule has 4 aromatic carbocycles. The molecular weight excluding hydrogens is 500 g/mol. The fourth-order valence-electron chi connectivity index (χ4n) is 4.93. The highest BCUT2D eigenvalue weighted by Crippen LogP contribution is 2.38. The minimum Gasteiger partial charge on any atom is -0.438 e. The number of benzene rings is 4. The molecule has 39 heavy (non-hydrogen) atoms. The van der Waals surface area contributed by atoms with Crippen LogP contribution >= 0.6 is 11.3 Å². The molecule has 0 aliphatic carbocycles. The molecule has 3 heterocycles. The highest BCUT2D eigenvalue weighted by atomic mass is 32.1. The van der Waals surface area contributed by atoms with Gasteiger partial charge in [0.05, 0.1) is 28.4 Å². The molecule has 0 unspecified atom stereocenters. The van der Waals surface area contributed by atoms with Gasteiger partial charge in [-0.2, -0.15) is 0 Å². The Morgan fingerprint density at radius 3 is 1.90 bits per heavy atom. The van der Waals surface area contributed by atoms with Crippen LogP contribution < -0.4 is 0 Å². The first-order valence-corrected chi connectivity index (χ1v) is 13.5. The Morgan fingerprint density at radius 1 is 0.641 bits per heavy atom. The van der Waals surface area contributed by atoms with Crippen LogP contribution in [0.1, 0.15) is 32.1 Å². The zero-order valence-electron chi connectivity index (χ0n) is 20.9. The average molecular weight is 523 g/mol. The molecule has 0 saturated carbocycles. The van der Waals surface area contributed by atoms with E-state index >= 15 is 0 Å². The minimum absolute atomic E-state index is 0.0745. The van der Waals surface area contributed by atoms with E-state index in [2.05, 4.69) is 30.8 Å². The third kappa shape index (κ3) is 4.33. The summed E-state index contributed by atoms with van der Waals surface area (Å²) >= 11 is 1.52. The van der Waals surface area contributed by atoms with Crippen molar-refractivity contribution in [2.45, 2.75) is 6.42 Å². The summed E-state index contributed by atoms with van der Waals surface area (Å²) in [6.07, 6.45) is 0.260. The van der Waals surface area contributed by atoms with Gasteiger partial charge >= 0.3 is 0 Å². The fourth-order valence-corrected chi connectivity index (χ4v) is 5.85. The quantitative estimate of drug-likeness (QED) is 0.237. The molecule has 7 rings (SSSR count). The maximum atomic E-state index is 13.1. The van der Waals surface area contributed by atoms with Crippen LogP contribution in [0.3, 0.4) is 0 Å². The van der Waals surface area contributed by atoms with E-state index < -0.39 is 0 Å². The van der Waals surface area contributed by atoms with Crippen LogP contribution in [0.4, 0.5) is 11.4 Å². The van der Waals surface area contributed by atoms with Gasteiger partial charge < -0.3 is 4.74 Å². The molecule has 5 aromatic rings. The monoisotopic (exact) mass is 522 g/mol. The number of nitrogens with zero attached hydrogens (tertiary/aromatic N) is 2. The second-order valence-electron chi connectivity index (χ2n) is 9.46. The molecule has 4 nitrogen and oxygen atoms in total. The molecule has 0 saturated heterocycles. The molecule has 186 valence electrons. The van der Waals surface area contributed by atoms with Gasteiger partial charge in [-0.3, -0.25) is 9.79 Å². The molecule has 1 aromatic heterocycles. The number of carbonyl (C=O) groups is 1. The number of ether oxygens (including phenoxy) is 1. The molecule has 0 fully saturated rings. The first-order valence-electron chi connectivity index (χ1n) is 12.7. The topological polar surface area (TPSA) is 51.0 Å². The van der Waals surface area contributed by atoms with Crippen molar-refractivity contribution in [3.63, 3.8) is 0 Å². The molecule has 0 N–H and O–H groups in total. The number of hydrogen-bond donors (Lipinski definition) is 0. The van der Waals surface area contributed by atoms with Crippen LogP contribution in [0.2, 0.25) is 0 Å². The fraction of sp³-hybridized carbons (Fsp3) is 0.0294. The summed E-state index contributed by atoms with van der Waals surface area (Å²) in [7, 11) is 0. The SMILES string of the molecule is C=C1OC(c2ccc(C3=Nc4ccc(-c5ccccc5)cc4C(=O)C3)s2)=Nc2ccc(-c3ccccc3)cc21. The van der Waals surface area contributed by atoms with E-state index in [-0.39, 0.29) is 12.2 Å². The van der Waals surface area contributed by atoms with Gasteiger partial charge in [-0.25, -0.2) is 4.99 Å². The summed E-state index contributed by atoms with van der Waals surface area (Å²) in [4.78, 5) is 24.6. The molecular formula is C34H22N2O2S. The van der Waals surface area contributed by atoms with Crippen molar-refractivity contribution in [3.8, 4) is 22.3 Å². The standard InChI is InChI=1S/C34H22N2O2S/c1-21-26-18-24(22-8-4-2-5-9-22)12-14-28(26)36-34(38-21)33-17-16-32(39-33)30-20-31(37)27-19-25(13-15-29(27)35-30)23-10-6-3-7-11-23/h2-19H,1,20H2. The molecule has 0 radical (unpaired) electrons. The van der Waals surface area contributed by atoms with Gasteiger partial charge in [0.1, 0.15) is 5.76 Å². The number of thiophene rings is 1. The van der Waals surface area contributed by atoms with Crippen LogP contribution in [-0.4, -0.2) is 17.4 Å². The lowest BCUT2D eigenvalue weighted by Gasteiger charge is -2.19. The van der Waals surface area contributed by atoms with E-state index in [0.717, 1.165) is 49.0 Å². The number of ketones is 1. The normalized spacial score (nSPS) is 14.2. The Morgan fingerprint density at radius 2 is 1.23 bits per heavy atom. The smallest absolute Gasteiger partial charge is 0.237 e. The summed E-state index contributed by atoms with van der Waals surface area (Å²) in [6.45, 7) is 4.16. The van der Waals surface area contributed by atoms with Crippen molar-refractivity contribution >= 4 is 45.9 Å². The summed E-state index contributed by atoms with van der Waals surface area (Å²) in [5, 5.41) is 0. The number of rotatable bonds is 4. The van der Waals surface area contributed by atoms with E-state index in [1.165, 1.54) is 11.3 Å². The van der Waals surface area contributed by atoms with Crippen molar-refractivity contribution in [1.82, 2.24) is 0 Å². The summed E-state index contributed by atoms with van der Waals surface area (Å²) in [6, 6.07) is 36.3. The van der Waals surface area contributed by atoms with Crippen molar-refractivity contribution in [2.75, 3.05) is 0 Å². The Balaban J connectivity index is 1.18. The Kier molecular flexibility index (Phi) is 5.64. The molecule has 0 bridgehead atoms. The lowest BCUT2D eigenvalue weighted by atomic mass is 9.95. The number of Topliss-reactive ketones (excluding diaryl/α,β-unsaturated/α-hetero) is 1. The summed E-state index contributed by atoms with van der Waals surface area (Å²) < 4.78 is 6.08. The van der Waals surface area contributed by atoms with Crippen LogP contribution in [0.15, 0.2) is 126 Å². The Bertz CT molecular complexity index is 1700. The molecule has 5 heteroatoms. The van der Waals surface area contributed by atoms with Crippen LogP contribution in [0.5, 0.6) is 0 Å². The maximum absolute atomic E-state index is 13.1. The highest BCUT2D eigenvalue weighted by molar-refractivity contribution is 7.16. The molecule has 2 aliphatic heterocycles. The molecule has 0 amide bonds. The number of carbonyl (C=O) groups excluding carboxylic acids is 1. The Labute approximate surface area is 230 Å². The van der Waals surface area contributed by atoms with Gasteiger partial charge in [-0.05, 0) is 58.7 Å². The molecule has 0 spiro atoms. The van der Waals surface area contributed by atoms with Gasteiger partial charge in [0.15, 0.2) is 5.78 Å². The maximum Gasteiger partial charge on any atom is 0.237 e. The lowest BCUT2D eigenvalue weighted by Crippen LogP contribution is -2.13. The summed E-state index contributed by atoms with van der Waals surface area (Å²) in [5.74, 6) is 1.15. The second kappa shape index (κ2) is 9.46. The van der Waals surface area contributed by atoms with Gasteiger partial charge in [0, 0.05) is 16.0 Å². The van der Waals surface area contributed by atoms with Gasteiger partial charge in [0.25, 0.3) is 0 Å². The third-order valence-electron chi connectivity index (χ3n) is 6.93. The van der Waals surface area contributed by atoms with Crippen molar-refractivity contribution < 1.29 is 9.53 Å². The van der Waals surface area contributed by atoms with E-state index in [1.807, 2.05) is 84.9 Å². The van der Waals surface area contributed by atoms with Gasteiger partial charge in [-0.1, -0.05) is 79.4 Å². The van der Waals surface area contributed by atoms with E-state index in [4.69, 9.17) is 14.7 Å². The third-order valence-corrected chi connectivity index (χ3v) is 8.06. The number of aliphatic imine (C=N–C) groups is 2. The van der Waals surface area contributed by atoms with E-state index in [9.17, 15) is 4.79 Å². The van der Waals surface area contributed by atoms with E-state index in [1.54, 1.807) is 0 Å². The van der Waals surface area contributed by atoms with Crippen LogP contribution in [0.25, 0.3) is 28.0 Å². The zero-order valence-corrected chi connectivity index (χ0v) is 21.7. The average Bonchev–Trinajstić information content (AvgIpc) is 3.48.